The number of ether oxygens (including phenoxy) is 4. The van der Waals surface area contributed by atoms with Crippen LogP contribution in [0.15, 0.2) is 36.5 Å². The fourth-order valence-electron chi connectivity index (χ4n) is 5.83. The minimum atomic E-state index is -2.11. The van der Waals surface area contributed by atoms with E-state index in [9.17, 15) is 24.3 Å². The lowest BCUT2D eigenvalue weighted by Gasteiger charge is -2.55. The van der Waals surface area contributed by atoms with Gasteiger partial charge in [-0.25, -0.2) is 0 Å². The summed E-state index contributed by atoms with van der Waals surface area (Å²) in [6.07, 6.45) is -0.810. The topological polar surface area (TPSA) is 125 Å². The van der Waals surface area contributed by atoms with E-state index in [1.165, 1.54) is 33.8 Å². The molecule has 1 N–H and O–H groups in total. The Kier molecular flexibility index (Phi) is 7.77. The van der Waals surface area contributed by atoms with Gasteiger partial charge in [-0.1, -0.05) is 31.7 Å². The minimum absolute atomic E-state index is 0.265. The van der Waals surface area contributed by atoms with Gasteiger partial charge in [0.05, 0.1) is 16.7 Å². The number of hydrogen-bond acceptors (Lipinski definition) is 9. The second-order valence-electron chi connectivity index (χ2n) is 10.0. The van der Waals surface area contributed by atoms with Crippen LogP contribution in [0.4, 0.5) is 0 Å². The van der Waals surface area contributed by atoms with Crippen LogP contribution in [0.3, 0.4) is 0 Å². The molecule has 198 valence electrons. The number of allylic oxidation sites excluding steroid dienone is 1. The Labute approximate surface area is 215 Å². The standard InChI is InChI=1S/C26H33ClO9/c1-12-8-10-18(33-15(4)28)25(7)19(34-16(5)29)11-9-13(2)21(27)23-26(32,14(3)24(31)36-23)22(20(12)25)35-17(6)30/h9,11,14,18-23,32H,1-2,8,10H2,3-7H3/b11-9+/t14-,18-,19-,20+,21-,22?,23-,25+,26+/m0/s1. The number of hydrogen-bond donors (Lipinski definition) is 1. The zero-order valence-electron chi connectivity index (χ0n) is 21.1. The predicted octanol–water partition coefficient (Wildman–Crippen LogP) is 2.78. The van der Waals surface area contributed by atoms with Crippen molar-refractivity contribution in [1.82, 2.24) is 0 Å². The number of aliphatic hydroxyl groups is 1. The summed E-state index contributed by atoms with van der Waals surface area (Å²) in [5.41, 5.74) is -2.57. The van der Waals surface area contributed by atoms with Gasteiger partial charge in [0.2, 0.25) is 0 Å². The molecule has 2 aliphatic carbocycles. The van der Waals surface area contributed by atoms with Crippen molar-refractivity contribution in [2.75, 3.05) is 0 Å². The van der Waals surface area contributed by atoms with E-state index in [4.69, 9.17) is 30.5 Å². The van der Waals surface area contributed by atoms with Crippen LogP contribution in [0, 0.1) is 17.3 Å². The molecule has 0 amide bonds. The largest absolute Gasteiger partial charge is 0.462 e. The van der Waals surface area contributed by atoms with Gasteiger partial charge in [0, 0.05) is 26.7 Å². The first-order chi connectivity index (χ1) is 16.6. The zero-order chi connectivity index (χ0) is 27.2. The van der Waals surface area contributed by atoms with Gasteiger partial charge in [0.1, 0.15) is 18.3 Å². The Morgan fingerprint density at radius 2 is 1.69 bits per heavy atom. The third-order valence-electron chi connectivity index (χ3n) is 7.65. The molecule has 0 bridgehead atoms. The van der Waals surface area contributed by atoms with E-state index in [1.807, 2.05) is 0 Å². The molecule has 1 heterocycles. The van der Waals surface area contributed by atoms with Crippen molar-refractivity contribution in [3.63, 3.8) is 0 Å². The van der Waals surface area contributed by atoms with Gasteiger partial charge >= 0.3 is 23.9 Å². The van der Waals surface area contributed by atoms with Crippen molar-refractivity contribution < 1.29 is 43.2 Å². The molecule has 0 aromatic carbocycles. The molecule has 1 saturated carbocycles. The lowest BCUT2D eigenvalue weighted by molar-refractivity contribution is -0.217. The number of carbonyl (C=O) groups excluding carboxylic acids is 4. The first-order valence-electron chi connectivity index (χ1n) is 11.8. The van der Waals surface area contributed by atoms with Gasteiger partial charge in [-0.3, -0.25) is 19.2 Å². The second-order valence-corrected chi connectivity index (χ2v) is 10.5. The molecule has 10 heteroatoms. The van der Waals surface area contributed by atoms with Crippen LogP contribution in [-0.2, 0) is 38.1 Å². The highest BCUT2D eigenvalue weighted by molar-refractivity contribution is 6.23. The molecule has 1 saturated heterocycles. The van der Waals surface area contributed by atoms with E-state index in [-0.39, 0.29) is 5.57 Å². The molecular formula is C26H33ClO9. The van der Waals surface area contributed by atoms with Crippen molar-refractivity contribution >= 4 is 35.5 Å². The Balaban J connectivity index is 2.39. The highest BCUT2D eigenvalue weighted by atomic mass is 35.5. The molecule has 2 fully saturated rings. The van der Waals surface area contributed by atoms with Gasteiger partial charge in [-0.2, -0.15) is 0 Å². The van der Waals surface area contributed by atoms with E-state index < -0.39 is 76.5 Å². The van der Waals surface area contributed by atoms with Crippen LogP contribution in [0.2, 0.25) is 0 Å². The third-order valence-corrected chi connectivity index (χ3v) is 8.16. The summed E-state index contributed by atoms with van der Waals surface area (Å²) in [7, 11) is 0. The second kappa shape index (κ2) is 10.0. The highest BCUT2D eigenvalue weighted by Gasteiger charge is 2.68. The number of carbonyl (C=O) groups is 4. The van der Waals surface area contributed by atoms with E-state index in [0.717, 1.165) is 0 Å². The van der Waals surface area contributed by atoms with Crippen molar-refractivity contribution in [2.24, 2.45) is 17.3 Å². The van der Waals surface area contributed by atoms with Crippen LogP contribution in [-0.4, -0.2) is 64.4 Å². The van der Waals surface area contributed by atoms with Crippen LogP contribution in [0.1, 0.15) is 47.5 Å². The molecule has 1 unspecified atom stereocenters. The van der Waals surface area contributed by atoms with Gasteiger partial charge < -0.3 is 24.1 Å². The molecule has 3 aliphatic rings. The van der Waals surface area contributed by atoms with Crippen LogP contribution >= 0.6 is 11.6 Å². The maximum atomic E-state index is 12.8. The average molecular weight is 525 g/mol. The summed E-state index contributed by atoms with van der Waals surface area (Å²) < 4.78 is 22.7. The Bertz CT molecular complexity index is 1020. The smallest absolute Gasteiger partial charge is 0.312 e. The maximum absolute atomic E-state index is 12.8. The molecule has 0 radical (unpaired) electrons. The van der Waals surface area contributed by atoms with E-state index in [1.54, 1.807) is 13.0 Å². The number of rotatable bonds is 3. The number of halogens is 1. The Morgan fingerprint density at radius 1 is 1.11 bits per heavy atom. The van der Waals surface area contributed by atoms with Crippen LogP contribution in [0.5, 0.6) is 0 Å². The van der Waals surface area contributed by atoms with Gasteiger partial charge in [0.15, 0.2) is 11.7 Å². The van der Waals surface area contributed by atoms with Crippen molar-refractivity contribution in [3.8, 4) is 0 Å². The van der Waals surface area contributed by atoms with Gasteiger partial charge in [-0.15, -0.1) is 11.6 Å². The molecule has 0 spiro atoms. The summed E-state index contributed by atoms with van der Waals surface area (Å²) in [5, 5.41) is 11.2. The molecule has 1 aliphatic heterocycles. The van der Waals surface area contributed by atoms with Crippen LogP contribution in [0.25, 0.3) is 0 Å². The third kappa shape index (κ3) is 4.59. The number of fused-ring (bicyclic) bond motifs is 2. The molecule has 9 nitrogen and oxygen atoms in total. The summed E-state index contributed by atoms with van der Waals surface area (Å²) in [6, 6.07) is 0. The molecule has 0 aromatic heterocycles. The molecular weight excluding hydrogens is 492 g/mol. The van der Waals surface area contributed by atoms with Crippen molar-refractivity contribution in [3.05, 3.63) is 36.5 Å². The summed E-state index contributed by atoms with van der Waals surface area (Å²) in [5.74, 6) is -4.71. The molecule has 36 heavy (non-hydrogen) atoms. The lowest BCUT2D eigenvalue weighted by Crippen LogP contribution is -2.66. The lowest BCUT2D eigenvalue weighted by atomic mass is 9.55. The van der Waals surface area contributed by atoms with Gasteiger partial charge in [0.25, 0.3) is 0 Å². The Hall–Kier alpha value is -2.65. The molecule has 0 aromatic rings. The summed E-state index contributed by atoms with van der Waals surface area (Å²) >= 11 is 6.66. The molecule has 3 rings (SSSR count). The quantitative estimate of drug-likeness (QED) is 0.256. The normalized spacial score (nSPS) is 41.3. The van der Waals surface area contributed by atoms with Gasteiger partial charge in [-0.05, 0) is 31.4 Å². The maximum Gasteiger partial charge on any atom is 0.312 e. The first-order valence-corrected chi connectivity index (χ1v) is 12.2. The minimum Gasteiger partial charge on any atom is -0.462 e. The molecule has 9 atom stereocenters. The van der Waals surface area contributed by atoms with E-state index in [0.29, 0.717) is 18.4 Å². The van der Waals surface area contributed by atoms with E-state index >= 15 is 0 Å². The summed E-state index contributed by atoms with van der Waals surface area (Å²) in [4.78, 5) is 49.5. The number of alkyl halides is 1. The zero-order valence-corrected chi connectivity index (χ0v) is 21.9. The predicted molar refractivity (Wildman–Crippen MR) is 129 cm³/mol. The van der Waals surface area contributed by atoms with Crippen molar-refractivity contribution in [2.45, 2.75) is 82.9 Å². The fraction of sp³-hybridized carbons (Fsp3) is 0.615. The SMILES string of the molecule is C=C1CC[C@H](OC(C)=O)[C@]2(C)[C@@H](OC(C)=O)/C=C/C(=C)[C@H](Cl)[C@@H]3OC(=O)[C@H](C)[C@@]3(O)C(OC(C)=O)[C@@H]12. The first kappa shape index (κ1) is 27.9. The fourth-order valence-corrected chi connectivity index (χ4v) is 6.15. The average Bonchev–Trinajstić information content (AvgIpc) is 3.00. The van der Waals surface area contributed by atoms with Crippen molar-refractivity contribution in [1.29, 1.82) is 0 Å². The monoisotopic (exact) mass is 524 g/mol. The van der Waals surface area contributed by atoms with E-state index in [2.05, 4.69) is 13.2 Å². The summed E-state index contributed by atoms with van der Waals surface area (Å²) in [6.45, 7) is 15.0. The Morgan fingerprint density at radius 3 is 2.25 bits per heavy atom. The number of esters is 4. The highest BCUT2D eigenvalue weighted by Crippen LogP contribution is 2.56. The van der Waals surface area contributed by atoms with Crippen LogP contribution < -0.4 is 0 Å².